The molecule has 17 atom stereocenters. The van der Waals surface area contributed by atoms with Crippen molar-refractivity contribution >= 4 is 70.9 Å². The summed E-state index contributed by atoms with van der Waals surface area (Å²) in [5, 5.41) is 65.0. The van der Waals surface area contributed by atoms with Gasteiger partial charge < -0.3 is 85.6 Å². The molecule has 0 aliphatic carbocycles. The zero-order valence-corrected chi connectivity index (χ0v) is 57.6. The summed E-state index contributed by atoms with van der Waals surface area (Å²) in [6, 6.07) is 7.68. The molecule has 3 aliphatic heterocycles. The number of anilines is 1. The van der Waals surface area contributed by atoms with Gasteiger partial charge >= 0.3 is 12.1 Å². The third-order valence-corrected chi connectivity index (χ3v) is 18.0. The van der Waals surface area contributed by atoms with Crippen LogP contribution in [0.5, 0.6) is 0 Å². The highest BCUT2D eigenvalue weighted by molar-refractivity contribution is 6.14. The van der Waals surface area contributed by atoms with Crippen molar-refractivity contribution in [2.45, 2.75) is 193 Å². The van der Waals surface area contributed by atoms with Gasteiger partial charge in [-0.2, -0.15) is 0 Å². The zero-order chi connectivity index (χ0) is 72.4. The standard InChI is InChI=1S/C67H99N9O21/c1-15-37(8)53(45(93-13)30-49(80)75-29-19-22-44(75)58(94-14)38(9)60(85)68-39(10)54(81)41-20-17-16-18-21-41)73(11)64(89)51(35(4)5)72-63(88)52(36(6)7)74(12)67(92)96-32-40-23-25-42(26-24-40)69-61(86)43(33-95-66-57(84)55(82)56(83)59(97-66)65(90)91)70-62(87)50(34(2)3)71-46(77)31-76-47(78)27-28-48(76)79/h16-18,20-21,23-28,34-39,43-45,50-59,66,81-84H,15,19,22,29-33H2,1-14H3,(H,68,85)(H,69,86)(H,70,87)(H,71,77)(H,72,88)(H,90,91)/t37-,38+,39+,43-,44-,45+,50-,51-,52-,53-,54+,55-,56-,57+,58+,59-,66+/m0/s1. The fourth-order valence-electron chi connectivity index (χ4n) is 12.2. The Balaban J connectivity index is 1.23. The molecule has 0 saturated carbocycles. The molecule has 30 heteroatoms. The van der Waals surface area contributed by atoms with Crippen LogP contribution in [0.2, 0.25) is 0 Å². The number of carboxylic acid groups (broad SMARTS) is 1. The minimum atomic E-state index is -2.07. The molecular weight excluding hydrogens is 1270 g/mol. The largest absolute Gasteiger partial charge is 0.479 e. The van der Waals surface area contributed by atoms with Gasteiger partial charge in [-0.15, -0.1) is 0 Å². The van der Waals surface area contributed by atoms with Gasteiger partial charge in [-0.25, -0.2) is 9.59 Å². The fraction of sp³-hybridized carbons (Fsp3) is 0.627. The smallest absolute Gasteiger partial charge is 0.410 e. The van der Waals surface area contributed by atoms with E-state index in [0.29, 0.717) is 41.8 Å². The van der Waals surface area contributed by atoms with E-state index >= 15 is 0 Å². The summed E-state index contributed by atoms with van der Waals surface area (Å²) in [6.45, 7) is 15.9. The first-order chi connectivity index (χ1) is 45.7. The van der Waals surface area contributed by atoms with Gasteiger partial charge in [0.05, 0.1) is 55.4 Å². The van der Waals surface area contributed by atoms with E-state index in [1.807, 2.05) is 19.9 Å². The number of carbonyl (C=O) groups excluding carboxylic acids is 10. The zero-order valence-electron chi connectivity index (χ0n) is 57.6. The van der Waals surface area contributed by atoms with Crippen molar-refractivity contribution < 1.29 is 102 Å². The second-order valence-corrected chi connectivity index (χ2v) is 26.0. The summed E-state index contributed by atoms with van der Waals surface area (Å²) < 4.78 is 28.4. The first-order valence-corrected chi connectivity index (χ1v) is 32.6. The Morgan fingerprint density at radius 2 is 1.33 bits per heavy atom. The molecule has 3 heterocycles. The molecule has 10 N–H and O–H groups in total. The fourth-order valence-corrected chi connectivity index (χ4v) is 12.2. The summed E-state index contributed by atoms with van der Waals surface area (Å²) in [5.41, 5.74) is 1.17. The topological polar surface area (TPSA) is 408 Å². The van der Waals surface area contributed by atoms with Gasteiger partial charge in [0.15, 0.2) is 12.4 Å². The van der Waals surface area contributed by atoms with E-state index in [4.69, 9.17) is 23.7 Å². The average molecular weight is 1370 g/mol. The van der Waals surface area contributed by atoms with Crippen LogP contribution in [0, 0.1) is 29.6 Å². The van der Waals surface area contributed by atoms with Crippen molar-refractivity contribution in [2.75, 3.05) is 53.3 Å². The van der Waals surface area contributed by atoms with Crippen molar-refractivity contribution in [1.82, 2.24) is 40.9 Å². The van der Waals surface area contributed by atoms with E-state index in [0.717, 1.165) is 17.1 Å². The van der Waals surface area contributed by atoms with Crippen molar-refractivity contribution in [2.24, 2.45) is 29.6 Å². The third-order valence-electron chi connectivity index (χ3n) is 18.0. The molecule has 3 aliphatic rings. The number of rotatable bonds is 34. The van der Waals surface area contributed by atoms with Crippen molar-refractivity contribution in [1.29, 1.82) is 0 Å². The van der Waals surface area contributed by atoms with Crippen molar-refractivity contribution in [3.05, 3.63) is 77.9 Å². The number of likely N-dealkylation sites (N-methyl/N-ethyl adjacent to an activating group) is 2. The van der Waals surface area contributed by atoms with Crippen LogP contribution < -0.4 is 26.6 Å². The van der Waals surface area contributed by atoms with Crippen LogP contribution in [0.3, 0.4) is 0 Å². The van der Waals surface area contributed by atoms with Crippen LogP contribution in [0.25, 0.3) is 0 Å². The first-order valence-electron chi connectivity index (χ1n) is 32.6. The molecular formula is C67H99N9O21. The monoisotopic (exact) mass is 1370 g/mol. The summed E-state index contributed by atoms with van der Waals surface area (Å²) in [7, 11) is 5.95. The highest BCUT2D eigenvalue weighted by Gasteiger charge is 2.49. The van der Waals surface area contributed by atoms with E-state index in [1.54, 1.807) is 91.6 Å². The highest BCUT2D eigenvalue weighted by Crippen LogP contribution is 2.31. The maximum Gasteiger partial charge on any atom is 0.410 e. The number of aliphatic carboxylic acids is 1. The molecule has 0 unspecified atom stereocenters. The van der Waals surface area contributed by atoms with Gasteiger partial charge in [-0.1, -0.05) is 111 Å². The molecule has 2 aromatic rings. The normalized spacial score (nSPS) is 22.1. The number of ether oxygens (including phenoxy) is 5. The second kappa shape index (κ2) is 36.6. The molecule has 0 radical (unpaired) electrons. The number of carboxylic acids is 1. The number of hydrogen-bond acceptors (Lipinski definition) is 20. The van der Waals surface area contributed by atoms with E-state index < -0.39 is 182 Å². The molecule has 0 aromatic heterocycles. The molecule has 2 fully saturated rings. The van der Waals surface area contributed by atoms with Crippen LogP contribution >= 0.6 is 0 Å². The summed E-state index contributed by atoms with van der Waals surface area (Å²) >= 11 is 0. The number of benzene rings is 2. The van der Waals surface area contributed by atoms with Gasteiger partial charge in [-0.3, -0.25) is 53.0 Å². The Labute approximate surface area is 565 Å². The van der Waals surface area contributed by atoms with E-state index in [-0.39, 0.29) is 36.4 Å². The lowest BCUT2D eigenvalue weighted by Gasteiger charge is -2.41. The lowest BCUT2D eigenvalue weighted by Crippen LogP contribution is -2.61. The maximum absolute atomic E-state index is 14.8. The number of aliphatic hydroxyl groups is 4. The molecule has 10 amide bonds. The quantitative estimate of drug-likeness (QED) is 0.0437. The number of likely N-dealkylation sites (tertiary alicyclic amines) is 1. The van der Waals surface area contributed by atoms with Crippen LogP contribution in [0.1, 0.15) is 112 Å². The number of nitrogens with zero attached hydrogens (tertiary/aromatic N) is 4. The second-order valence-electron chi connectivity index (χ2n) is 26.0. The van der Waals surface area contributed by atoms with Gasteiger partial charge in [0.1, 0.15) is 55.6 Å². The average Bonchev–Trinajstić information content (AvgIpc) is 1.71. The summed E-state index contributed by atoms with van der Waals surface area (Å²) in [6.07, 6.45) is -9.92. The Kier molecular flexibility index (Phi) is 30.1. The Hall–Kier alpha value is -7.97. The lowest BCUT2D eigenvalue weighted by molar-refractivity contribution is -0.294. The summed E-state index contributed by atoms with van der Waals surface area (Å²) in [4.78, 5) is 153. The van der Waals surface area contributed by atoms with Crippen LogP contribution in [0.15, 0.2) is 66.7 Å². The first kappa shape index (κ1) is 79.7. The van der Waals surface area contributed by atoms with Gasteiger partial charge in [0, 0.05) is 52.7 Å². The Morgan fingerprint density at radius 1 is 0.711 bits per heavy atom. The Morgan fingerprint density at radius 3 is 1.89 bits per heavy atom. The predicted molar refractivity (Wildman–Crippen MR) is 348 cm³/mol. The molecule has 30 nitrogen and oxygen atoms in total. The number of nitrogens with one attached hydrogen (secondary N) is 5. The summed E-state index contributed by atoms with van der Waals surface area (Å²) in [5.74, 6) is -10.3. The number of carbonyl (C=O) groups is 11. The van der Waals surface area contributed by atoms with E-state index in [2.05, 4.69) is 26.6 Å². The third kappa shape index (κ3) is 20.8. The maximum atomic E-state index is 14.8. The molecule has 0 spiro atoms. The Bertz CT molecular complexity index is 3060. The molecule has 5 rings (SSSR count). The molecule has 97 heavy (non-hydrogen) atoms. The SMILES string of the molecule is CC[C@H](C)[C@@H]([C@@H](CC(=O)N1CCC[C@H]1[C@H](OC)[C@@H](C)C(=O)N[C@H](C)[C@@H](O)c1ccccc1)OC)N(C)C(=O)[C@@H](NC(=O)[C@H](C(C)C)N(C)C(=O)OCc1ccc(NC(=O)[C@H](CO[C@@H]2O[C@H](C(=O)O)[C@@H](O)[C@H](O)[C@H]2O)NC(=O)[C@@H](NC(=O)CN2C(=O)C=CC2=O)C(C)C)cc1)C(C)C. The number of hydrogen-bond donors (Lipinski definition) is 10. The van der Waals surface area contributed by atoms with Crippen LogP contribution in [0.4, 0.5) is 10.5 Å². The minimum Gasteiger partial charge on any atom is -0.479 e. The number of amides is 10. The molecule has 2 aromatic carbocycles. The molecule has 0 bridgehead atoms. The molecule has 538 valence electrons. The highest BCUT2D eigenvalue weighted by atomic mass is 16.7. The minimum absolute atomic E-state index is 0.115. The van der Waals surface area contributed by atoms with Gasteiger partial charge in [0.25, 0.3) is 11.8 Å². The van der Waals surface area contributed by atoms with Gasteiger partial charge in [-0.05, 0) is 66.7 Å². The van der Waals surface area contributed by atoms with Crippen LogP contribution in [-0.2, 0) is 78.2 Å². The van der Waals surface area contributed by atoms with Crippen molar-refractivity contribution in [3.63, 3.8) is 0 Å². The predicted octanol–water partition coefficient (Wildman–Crippen LogP) is 0.977. The van der Waals surface area contributed by atoms with Crippen LogP contribution in [-0.4, -0.2) is 244 Å². The number of aliphatic hydroxyl groups excluding tert-OH is 4. The van der Waals surface area contributed by atoms with E-state index in [9.17, 15) is 78.3 Å². The molecule has 2 saturated heterocycles. The van der Waals surface area contributed by atoms with Crippen molar-refractivity contribution in [3.8, 4) is 0 Å². The number of imide groups is 1. The lowest BCUT2D eigenvalue weighted by atomic mass is 9.89. The number of methoxy groups -OCH3 is 2. The van der Waals surface area contributed by atoms with Gasteiger partial charge in [0.2, 0.25) is 41.4 Å². The van der Waals surface area contributed by atoms with E-state index in [1.165, 1.54) is 50.4 Å².